The van der Waals surface area contributed by atoms with Gasteiger partial charge < -0.3 is 19.7 Å². The molecule has 0 radical (unpaired) electrons. The van der Waals surface area contributed by atoms with Crippen LogP contribution in [0.5, 0.6) is 5.75 Å². The Kier molecular flexibility index (Phi) is 6.64. The third-order valence-corrected chi connectivity index (χ3v) is 5.52. The summed E-state index contributed by atoms with van der Waals surface area (Å²) >= 11 is 0. The van der Waals surface area contributed by atoms with Crippen molar-refractivity contribution in [3.05, 3.63) is 30.3 Å². The first-order valence-corrected chi connectivity index (χ1v) is 10.3. The van der Waals surface area contributed by atoms with E-state index < -0.39 is 5.60 Å². The number of hydrogen-bond donors (Lipinski definition) is 1. The van der Waals surface area contributed by atoms with Crippen LogP contribution in [0.25, 0.3) is 0 Å². The van der Waals surface area contributed by atoms with E-state index in [1.807, 2.05) is 56.0 Å². The Hall–Kier alpha value is -1.75. The Bertz CT molecular complexity index is 585. The Morgan fingerprint density at radius 1 is 1.04 bits per heavy atom. The van der Waals surface area contributed by atoms with Gasteiger partial charge in [-0.15, -0.1) is 0 Å². The van der Waals surface area contributed by atoms with Crippen molar-refractivity contribution in [2.24, 2.45) is 11.8 Å². The maximum atomic E-state index is 12.3. The van der Waals surface area contributed by atoms with Gasteiger partial charge in [-0.25, -0.2) is 4.79 Å². The van der Waals surface area contributed by atoms with Crippen molar-refractivity contribution < 1.29 is 14.3 Å². The molecule has 5 nitrogen and oxygen atoms in total. The largest absolute Gasteiger partial charge is 0.490 e. The van der Waals surface area contributed by atoms with Gasteiger partial charge in [-0.05, 0) is 83.5 Å². The van der Waals surface area contributed by atoms with Crippen LogP contribution in [0.3, 0.4) is 0 Å². The van der Waals surface area contributed by atoms with E-state index in [0.717, 1.165) is 57.6 Å². The van der Waals surface area contributed by atoms with Crippen LogP contribution in [0.4, 0.5) is 4.79 Å². The molecule has 150 valence electrons. The van der Waals surface area contributed by atoms with Crippen molar-refractivity contribution in [3.8, 4) is 5.75 Å². The summed E-state index contributed by atoms with van der Waals surface area (Å²) in [6.45, 7) is 9.38. The SMILES string of the molecule is CC(C)(C)OC(=O)N1CCC(C(Oc2ccccc2)C2CCNCC2)CC1. The number of nitrogens with one attached hydrogen (secondary N) is 1. The maximum Gasteiger partial charge on any atom is 0.410 e. The molecular formula is C22H34N2O3. The highest BCUT2D eigenvalue weighted by Crippen LogP contribution is 2.33. The highest BCUT2D eigenvalue weighted by atomic mass is 16.6. The molecule has 5 heteroatoms. The van der Waals surface area contributed by atoms with Crippen LogP contribution in [0.1, 0.15) is 46.5 Å². The van der Waals surface area contributed by atoms with Crippen LogP contribution in [0.15, 0.2) is 30.3 Å². The lowest BCUT2D eigenvalue weighted by Crippen LogP contribution is -2.47. The Balaban J connectivity index is 1.62. The second-order valence-electron chi connectivity index (χ2n) is 8.79. The molecule has 3 rings (SSSR count). The smallest absolute Gasteiger partial charge is 0.410 e. The number of nitrogens with zero attached hydrogens (tertiary/aromatic N) is 1. The van der Waals surface area contributed by atoms with Crippen LogP contribution < -0.4 is 10.1 Å². The number of rotatable bonds is 4. The van der Waals surface area contributed by atoms with Gasteiger partial charge in [-0.3, -0.25) is 0 Å². The number of carbonyl (C=O) groups is 1. The molecule has 1 unspecified atom stereocenters. The van der Waals surface area contributed by atoms with Gasteiger partial charge in [0.25, 0.3) is 0 Å². The zero-order chi connectivity index (χ0) is 19.3. The molecule has 1 amide bonds. The van der Waals surface area contributed by atoms with Crippen LogP contribution in [-0.2, 0) is 4.74 Å². The van der Waals surface area contributed by atoms with E-state index in [0.29, 0.717) is 11.8 Å². The van der Waals surface area contributed by atoms with E-state index in [1.54, 1.807) is 0 Å². The summed E-state index contributed by atoms with van der Waals surface area (Å²) in [7, 11) is 0. The van der Waals surface area contributed by atoms with Crippen molar-refractivity contribution in [1.29, 1.82) is 0 Å². The zero-order valence-electron chi connectivity index (χ0n) is 16.9. The Morgan fingerprint density at radius 3 is 2.22 bits per heavy atom. The first-order valence-electron chi connectivity index (χ1n) is 10.3. The number of para-hydroxylation sites is 1. The van der Waals surface area contributed by atoms with Crippen LogP contribution in [-0.4, -0.2) is 48.9 Å². The molecule has 2 heterocycles. The topological polar surface area (TPSA) is 50.8 Å². The lowest BCUT2D eigenvalue weighted by atomic mass is 9.80. The van der Waals surface area contributed by atoms with Crippen LogP contribution >= 0.6 is 0 Å². The lowest BCUT2D eigenvalue weighted by Gasteiger charge is -2.40. The molecule has 1 aromatic rings. The van der Waals surface area contributed by atoms with E-state index in [2.05, 4.69) is 5.32 Å². The van der Waals surface area contributed by atoms with Gasteiger partial charge in [0.1, 0.15) is 17.5 Å². The molecule has 0 saturated carbocycles. The molecule has 2 fully saturated rings. The maximum absolute atomic E-state index is 12.3. The normalized spacial score (nSPS) is 20.9. The molecule has 1 atom stereocenters. The van der Waals surface area contributed by atoms with E-state index in [9.17, 15) is 4.79 Å². The average molecular weight is 375 g/mol. The second kappa shape index (κ2) is 8.96. The summed E-state index contributed by atoms with van der Waals surface area (Å²) in [6, 6.07) is 10.2. The first-order chi connectivity index (χ1) is 12.9. The number of piperidine rings is 2. The highest BCUT2D eigenvalue weighted by Gasteiger charge is 2.36. The average Bonchev–Trinajstić information content (AvgIpc) is 2.66. The molecule has 0 aliphatic carbocycles. The Labute approximate surface area is 163 Å². The number of hydrogen-bond acceptors (Lipinski definition) is 4. The number of amides is 1. The summed E-state index contributed by atoms with van der Waals surface area (Å²) < 4.78 is 12.0. The fourth-order valence-corrected chi connectivity index (χ4v) is 4.14. The number of ether oxygens (including phenoxy) is 2. The lowest BCUT2D eigenvalue weighted by molar-refractivity contribution is -0.000106. The summed E-state index contributed by atoms with van der Waals surface area (Å²) in [5, 5.41) is 3.46. The third-order valence-electron chi connectivity index (χ3n) is 5.52. The summed E-state index contributed by atoms with van der Waals surface area (Å²) in [5.74, 6) is 2.01. The second-order valence-corrected chi connectivity index (χ2v) is 8.79. The summed E-state index contributed by atoms with van der Waals surface area (Å²) in [5.41, 5.74) is -0.442. The van der Waals surface area contributed by atoms with Crippen molar-refractivity contribution in [3.63, 3.8) is 0 Å². The molecule has 2 aliphatic rings. The molecule has 1 N–H and O–H groups in total. The van der Waals surface area contributed by atoms with Gasteiger partial charge in [0.15, 0.2) is 0 Å². The standard InChI is InChI=1S/C22H34N2O3/c1-22(2,3)27-21(25)24-15-11-18(12-16-24)20(17-9-13-23-14-10-17)26-19-7-5-4-6-8-19/h4-8,17-18,20,23H,9-16H2,1-3H3. The van der Waals surface area contributed by atoms with Gasteiger partial charge >= 0.3 is 6.09 Å². The van der Waals surface area contributed by atoms with Crippen LogP contribution in [0, 0.1) is 11.8 Å². The van der Waals surface area contributed by atoms with Gasteiger partial charge in [0.05, 0.1) is 0 Å². The molecule has 0 aromatic heterocycles. The van der Waals surface area contributed by atoms with Gasteiger partial charge in [-0.1, -0.05) is 18.2 Å². The van der Waals surface area contributed by atoms with Crippen molar-refractivity contribution in [1.82, 2.24) is 10.2 Å². The van der Waals surface area contributed by atoms with Gasteiger partial charge in [-0.2, -0.15) is 0 Å². The number of carbonyl (C=O) groups excluding carboxylic acids is 1. The number of benzene rings is 1. The minimum absolute atomic E-state index is 0.191. The minimum Gasteiger partial charge on any atom is -0.490 e. The van der Waals surface area contributed by atoms with E-state index >= 15 is 0 Å². The number of likely N-dealkylation sites (tertiary alicyclic amines) is 1. The minimum atomic E-state index is -0.442. The fraction of sp³-hybridized carbons (Fsp3) is 0.682. The zero-order valence-corrected chi connectivity index (χ0v) is 16.9. The quantitative estimate of drug-likeness (QED) is 0.863. The molecular weight excluding hydrogens is 340 g/mol. The van der Waals surface area contributed by atoms with Crippen molar-refractivity contribution in [2.75, 3.05) is 26.2 Å². The molecule has 2 saturated heterocycles. The monoisotopic (exact) mass is 374 g/mol. The summed E-state index contributed by atoms with van der Waals surface area (Å²) in [4.78, 5) is 14.2. The van der Waals surface area contributed by atoms with E-state index in [-0.39, 0.29) is 12.2 Å². The van der Waals surface area contributed by atoms with Crippen LogP contribution in [0.2, 0.25) is 0 Å². The third kappa shape index (κ3) is 5.86. The van der Waals surface area contributed by atoms with Gasteiger partial charge in [0.2, 0.25) is 0 Å². The van der Waals surface area contributed by atoms with E-state index in [1.165, 1.54) is 0 Å². The predicted octanol–water partition coefficient (Wildman–Crippen LogP) is 4.08. The van der Waals surface area contributed by atoms with Crippen molar-refractivity contribution >= 4 is 6.09 Å². The fourth-order valence-electron chi connectivity index (χ4n) is 4.14. The molecule has 0 spiro atoms. The predicted molar refractivity (Wildman–Crippen MR) is 107 cm³/mol. The summed E-state index contributed by atoms with van der Waals surface area (Å²) in [6.07, 6.45) is 4.29. The van der Waals surface area contributed by atoms with Crippen molar-refractivity contribution in [2.45, 2.75) is 58.2 Å². The Morgan fingerprint density at radius 2 is 1.63 bits per heavy atom. The first kappa shape index (κ1) is 20.0. The molecule has 1 aromatic carbocycles. The van der Waals surface area contributed by atoms with E-state index in [4.69, 9.17) is 9.47 Å². The molecule has 27 heavy (non-hydrogen) atoms. The highest BCUT2D eigenvalue weighted by molar-refractivity contribution is 5.68. The van der Waals surface area contributed by atoms with Gasteiger partial charge in [0, 0.05) is 13.1 Å². The molecule has 0 bridgehead atoms. The molecule has 2 aliphatic heterocycles.